The van der Waals surface area contributed by atoms with Crippen LogP contribution < -0.4 is 5.73 Å². The lowest BCUT2D eigenvalue weighted by molar-refractivity contribution is 0.754. The molecule has 0 heterocycles. The van der Waals surface area contributed by atoms with Crippen LogP contribution in [0.4, 0.5) is 0 Å². The molecule has 0 aliphatic heterocycles. The fraction of sp³-hybridized carbons (Fsp3) is 0.273. The van der Waals surface area contributed by atoms with Gasteiger partial charge in [-0.2, -0.15) is 0 Å². The molecule has 0 saturated carbocycles. The van der Waals surface area contributed by atoms with Gasteiger partial charge in [-0.3, -0.25) is 0 Å². The van der Waals surface area contributed by atoms with Crippen LogP contribution in [-0.4, -0.2) is 0 Å². The number of halogens is 2. The average molecular weight is 273 g/mol. The fourth-order valence-electron chi connectivity index (χ4n) is 1.07. The number of benzene rings is 1. The van der Waals surface area contributed by atoms with E-state index < -0.39 is 0 Å². The summed E-state index contributed by atoms with van der Waals surface area (Å²) in [4.78, 5) is 0. The molecule has 1 aromatic rings. The summed E-state index contributed by atoms with van der Waals surface area (Å²) in [5.41, 5.74) is 6.94. The largest absolute Gasteiger partial charge is 0.323 e. The Morgan fingerprint density at radius 3 is 2.86 bits per heavy atom. The molecule has 0 spiro atoms. The van der Waals surface area contributed by atoms with Crippen LogP contribution in [0.15, 0.2) is 22.7 Å². The van der Waals surface area contributed by atoms with Crippen LogP contribution in [0.25, 0.3) is 0 Å². The van der Waals surface area contributed by atoms with Gasteiger partial charge in [0, 0.05) is 16.9 Å². The molecule has 1 atom stereocenters. The van der Waals surface area contributed by atoms with E-state index in [0.717, 1.165) is 10.0 Å². The normalized spacial score (nSPS) is 11.7. The third-order valence-electron chi connectivity index (χ3n) is 1.87. The molecule has 0 aliphatic rings. The Bertz CT molecular complexity index is 379. The molecule has 14 heavy (non-hydrogen) atoms. The number of nitrogens with two attached hydrogens (primary N) is 1. The maximum atomic E-state index is 5.95. The Kier molecular flexibility index (Phi) is 4.47. The van der Waals surface area contributed by atoms with Crippen LogP contribution >= 0.6 is 27.5 Å². The first-order chi connectivity index (χ1) is 6.65. The molecule has 1 aromatic carbocycles. The van der Waals surface area contributed by atoms with Gasteiger partial charge in [0.05, 0.1) is 5.02 Å². The van der Waals surface area contributed by atoms with E-state index in [9.17, 15) is 0 Å². The SMILES string of the molecule is CC#CCC(N)c1ccc(Br)c(Cl)c1. The van der Waals surface area contributed by atoms with Crippen molar-refractivity contribution >= 4 is 27.5 Å². The molecular weight excluding hydrogens is 261 g/mol. The van der Waals surface area contributed by atoms with Crippen molar-refractivity contribution in [1.82, 2.24) is 0 Å². The molecule has 3 heteroatoms. The van der Waals surface area contributed by atoms with Gasteiger partial charge >= 0.3 is 0 Å². The molecule has 0 saturated heterocycles. The summed E-state index contributed by atoms with van der Waals surface area (Å²) in [5.74, 6) is 5.77. The number of hydrogen-bond acceptors (Lipinski definition) is 1. The predicted molar refractivity (Wildman–Crippen MR) is 64.1 cm³/mol. The standard InChI is InChI=1S/C11H11BrClN/c1-2-3-4-11(14)8-5-6-9(12)10(13)7-8/h5-7,11H,4,14H2,1H3. The van der Waals surface area contributed by atoms with Crippen molar-refractivity contribution in [3.63, 3.8) is 0 Å². The van der Waals surface area contributed by atoms with Gasteiger partial charge in [-0.1, -0.05) is 17.7 Å². The van der Waals surface area contributed by atoms with Crippen LogP contribution in [0, 0.1) is 11.8 Å². The minimum atomic E-state index is -0.0620. The van der Waals surface area contributed by atoms with Gasteiger partial charge in [0.15, 0.2) is 0 Å². The van der Waals surface area contributed by atoms with Gasteiger partial charge < -0.3 is 5.73 Å². The van der Waals surface area contributed by atoms with E-state index in [-0.39, 0.29) is 6.04 Å². The predicted octanol–water partition coefficient (Wildman–Crippen LogP) is 3.52. The summed E-state index contributed by atoms with van der Waals surface area (Å²) in [6.45, 7) is 1.81. The highest BCUT2D eigenvalue weighted by atomic mass is 79.9. The third-order valence-corrected chi connectivity index (χ3v) is 3.10. The lowest BCUT2D eigenvalue weighted by Crippen LogP contribution is -2.09. The van der Waals surface area contributed by atoms with Crippen LogP contribution in [0.5, 0.6) is 0 Å². The molecule has 0 amide bonds. The second-order valence-corrected chi connectivity index (χ2v) is 4.17. The van der Waals surface area contributed by atoms with E-state index in [2.05, 4.69) is 27.8 Å². The minimum Gasteiger partial charge on any atom is -0.323 e. The molecule has 74 valence electrons. The maximum absolute atomic E-state index is 5.95. The van der Waals surface area contributed by atoms with Crippen molar-refractivity contribution in [1.29, 1.82) is 0 Å². The molecule has 0 fully saturated rings. The molecule has 1 rings (SSSR count). The summed E-state index contributed by atoms with van der Waals surface area (Å²) in [6, 6.07) is 5.66. The first kappa shape index (κ1) is 11.6. The van der Waals surface area contributed by atoms with Gasteiger partial charge in [0.25, 0.3) is 0 Å². The summed E-state index contributed by atoms with van der Waals surface area (Å²) in [6.07, 6.45) is 0.661. The lowest BCUT2D eigenvalue weighted by atomic mass is 10.1. The second-order valence-electron chi connectivity index (χ2n) is 2.91. The molecule has 0 aromatic heterocycles. The third kappa shape index (κ3) is 3.02. The monoisotopic (exact) mass is 271 g/mol. The van der Waals surface area contributed by atoms with Gasteiger partial charge in [0.2, 0.25) is 0 Å². The molecule has 1 nitrogen and oxygen atoms in total. The van der Waals surface area contributed by atoms with Crippen LogP contribution in [0.2, 0.25) is 5.02 Å². The lowest BCUT2D eigenvalue weighted by Gasteiger charge is -2.09. The summed E-state index contributed by atoms with van der Waals surface area (Å²) in [5, 5.41) is 0.683. The number of hydrogen-bond donors (Lipinski definition) is 1. The Hall–Kier alpha value is -0.490. The van der Waals surface area contributed by atoms with Crippen molar-refractivity contribution in [3.05, 3.63) is 33.3 Å². The topological polar surface area (TPSA) is 26.0 Å². The van der Waals surface area contributed by atoms with Crippen LogP contribution in [0.3, 0.4) is 0 Å². The zero-order valence-electron chi connectivity index (χ0n) is 7.85. The zero-order chi connectivity index (χ0) is 10.6. The molecule has 0 aliphatic carbocycles. The molecule has 0 radical (unpaired) electrons. The Labute approximate surface area is 97.8 Å². The Balaban J connectivity index is 2.83. The smallest absolute Gasteiger partial charge is 0.0551 e. The van der Waals surface area contributed by atoms with Crippen molar-refractivity contribution in [3.8, 4) is 11.8 Å². The van der Waals surface area contributed by atoms with Crippen molar-refractivity contribution in [2.75, 3.05) is 0 Å². The Morgan fingerprint density at radius 1 is 1.57 bits per heavy atom. The fourth-order valence-corrected chi connectivity index (χ4v) is 1.51. The van der Waals surface area contributed by atoms with Crippen molar-refractivity contribution in [2.24, 2.45) is 5.73 Å². The van der Waals surface area contributed by atoms with E-state index in [0.29, 0.717) is 11.4 Å². The van der Waals surface area contributed by atoms with E-state index >= 15 is 0 Å². The van der Waals surface area contributed by atoms with E-state index in [1.54, 1.807) is 6.92 Å². The minimum absolute atomic E-state index is 0.0620. The summed E-state index contributed by atoms with van der Waals surface area (Å²) in [7, 11) is 0. The van der Waals surface area contributed by atoms with E-state index in [1.807, 2.05) is 18.2 Å². The van der Waals surface area contributed by atoms with Gasteiger partial charge in [0.1, 0.15) is 0 Å². The molecular formula is C11H11BrClN. The van der Waals surface area contributed by atoms with Crippen molar-refractivity contribution < 1.29 is 0 Å². The quantitative estimate of drug-likeness (QED) is 0.819. The van der Waals surface area contributed by atoms with E-state index in [1.165, 1.54) is 0 Å². The highest BCUT2D eigenvalue weighted by Gasteiger charge is 2.06. The molecule has 2 N–H and O–H groups in total. The second kappa shape index (κ2) is 5.41. The van der Waals surface area contributed by atoms with Crippen LogP contribution in [0.1, 0.15) is 24.9 Å². The van der Waals surface area contributed by atoms with Gasteiger partial charge in [-0.05, 0) is 40.5 Å². The zero-order valence-corrected chi connectivity index (χ0v) is 10.2. The molecule has 1 unspecified atom stereocenters. The first-order valence-corrected chi connectivity index (χ1v) is 5.42. The first-order valence-electron chi connectivity index (χ1n) is 4.25. The highest BCUT2D eigenvalue weighted by Crippen LogP contribution is 2.26. The Morgan fingerprint density at radius 2 is 2.29 bits per heavy atom. The van der Waals surface area contributed by atoms with Gasteiger partial charge in [-0.15, -0.1) is 11.8 Å². The average Bonchev–Trinajstić information content (AvgIpc) is 2.18. The molecule has 0 bridgehead atoms. The van der Waals surface area contributed by atoms with Crippen LogP contribution in [-0.2, 0) is 0 Å². The van der Waals surface area contributed by atoms with Gasteiger partial charge in [-0.25, -0.2) is 0 Å². The highest BCUT2D eigenvalue weighted by molar-refractivity contribution is 9.10. The van der Waals surface area contributed by atoms with E-state index in [4.69, 9.17) is 17.3 Å². The maximum Gasteiger partial charge on any atom is 0.0551 e. The summed E-state index contributed by atoms with van der Waals surface area (Å²) >= 11 is 9.28. The number of rotatable bonds is 2. The van der Waals surface area contributed by atoms with Crippen molar-refractivity contribution in [2.45, 2.75) is 19.4 Å². The summed E-state index contributed by atoms with van der Waals surface area (Å²) < 4.78 is 0.886.